The molecule has 2 heterocycles. The van der Waals surface area contributed by atoms with Crippen molar-refractivity contribution in [1.82, 2.24) is 15.3 Å². The molecule has 0 atom stereocenters. The van der Waals surface area contributed by atoms with Crippen LogP contribution in [0.25, 0.3) is 0 Å². The molecule has 0 saturated carbocycles. The van der Waals surface area contributed by atoms with E-state index >= 15 is 0 Å². The number of rotatable bonds is 3. The summed E-state index contributed by atoms with van der Waals surface area (Å²) in [5, 5.41) is 15.8. The van der Waals surface area contributed by atoms with Crippen LogP contribution in [-0.2, 0) is 13.0 Å². The number of phenolic OH excluding ortho intramolecular Hbond substituents is 1. The molecule has 1 aliphatic rings. The molecule has 0 aliphatic carbocycles. The van der Waals surface area contributed by atoms with Gasteiger partial charge in [-0.2, -0.15) is 4.98 Å². The molecule has 0 spiro atoms. The molecule has 1 aliphatic heterocycles. The van der Waals surface area contributed by atoms with Gasteiger partial charge in [-0.05, 0) is 25.1 Å². The van der Waals surface area contributed by atoms with E-state index in [9.17, 15) is 5.11 Å². The SMILES string of the molecule is COc1nc(Nc2cccc(O)c2)nc2c1CCNC2. The lowest BCUT2D eigenvalue weighted by molar-refractivity contribution is 0.387. The number of phenols is 1. The molecule has 6 heteroatoms. The third kappa shape index (κ3) is 2.50. The second-order valence-corrected chi connectivity index (χ2v) is 4.58. The molecule has 1 aromatic heterocycles. The van der Waals surface area contributed by atoms with E-state index in [1.54, 1.807) is 25.3 Å². The fourth-order valence-corrected chi connectivity index (χ4v) is 2.26. The van der Waals surface area contributed by atoms with Crippen molar-refractivity contribution in [1.29, 1.82) is 0 Å². The van der Waals surface area contributed by atoms with Gasteiger partial charge in [0, 0.05) is 23.9 Å². The summed E-state index contributed by atoms with van der Waals surface area (Å²) < 4.78 is 5.35. The number of aromatic nitrogens is 2. The Balaban J connectivity index is 1.94. The van der Waals surface area contributed by atoms with Crippen LogP contribution in [0.2, 0.25) is 0 Å². The maximum absolute atomic E-state index is 9.47. The minimum Gasteiger partial charge on any atom is -0.508 e. The van der Waals surface area contributed by atoms with Crippen LogP contribution in [0, 0.1) is 0 Å². The zero-order chi connectivity index (χ0) is 13.9. The van der Waals surface area contributed by atoms with E-state index in [4.69, 9.17) is 4.74 Å². The van der Waals surface area contributed by atoms with Gasteiger partial charge in [0.15, 0.2) is 0 Å². The molecule has 0 radical (unpaired) electrons. The van der Waals surface area contributed by atoms with Crippen LogP contribution in [0.15, 0.2) is 24.3 Å². The van der Waals surface area contributed by atoms with Crippen LogP contribution < -0.4 is 15.4 Å². The first-order chi connectivity index (χ1) is 9.76. The van der Waals surface area contributed by atoms with Gasteiger partial charge in [-0.3, -0.25) is 0 Å². The summed E-state index contributed by atoms with van der Waals surface area (Å²) >= 11 is 0. The maximum Gasteiger partial charge on any atom is 0.230 e. The number of nitrogens with zero attached hydrogens (tertiary/aromatic N) is 2. The highest BCUT2D eigenvalue weighted by Crippen LogP contribution is 2.25. The van der Waals surface area contributed by atoms with Gasteiger partial charge in [-0.25, -0.2) is 4.98 Å². The monoisotopic (exact) mass is 272 g/mol. The predicted molar refractivity (Wildman–Crippen MR) is 75.4 cm³/mol. The maximum atomic E-state index is 9.47. The zero-order valence-electron chi connectivity index (χ0n) is 11.2. The molecule has 0 amide bonds. The lowest BCUT2D eigenvalue weighted by atomic mass is 10.1. The standard InChI is InChI=1S/C14H16N4O2/c1-20-13-11-5-6-15-8-12(11)17-14(18-13)16-9-3-2-4-10(19)7-9/h2-4,7,15,19H,5-6,8H2,1H3,(H,16,17,18). The van der Waals surface area contributed by atoms with Gasteiger partial charge in [0.1, 0.15) is 5.75 Å². The van der Waals surface area contributed by atoms with Crippen LogP contribution in [0.1, 0.15) is 11.3 Å². The fraction of sp³-hybridized carbons (Fsp3) is 0.286. The Bertz CT molecular complexity index is 613. The van der Waals surface area contributed by atoms with E-state index in [0.717, 1.165) is 29.9 Å². The molecule has 0 saturated heterocycles. The first-order valence-corrected chi connectivity index (χ1v) is 6.47. The first-order valence-electron chi connectivity index (χ1n) is 6.47. The normalized spacial score (nSPS) is 13.7. The summed E-state index contributed by atoms with van der Waals surface area (Å²) in [5.74, 6) is 1.27. The number of hydrogen-bond donors (Lipinski definition) is 3. The third-order valence-electron chi connectivity index (χ3n) is 3.19. The molecule has 3 N–H and O–H groups in total. The van der Waals surface area contributed by atoms with Gasteiger partial charge >= 0.3 is 0 Å². The Morgan fingerprint density at radius 2 is 2.25 bits per heavy atom. The number of ether oxygens (including phenoxy) is 1. The summed E-state index contributed by atoms with van der Waals surface area (Å²) in [6, 6.07) is 6.83. The number of hydrogen-bond acceptors (Lipinski definition) is 6. The molecule has 1 aromatic carbocycles. The van der Waals surface area contributed by atoms with E-state index in [1.165, 1.54) is 0 Å². The molecule has 6 nitrogen and oxygen atoms in total. The third-order valence-corrected chi connectivity index (χ3v) is 3.19. The van der Waals surface area contributed by atoms with Gasteiger partial charge in [-0.15, -0.1) is 0 Å². The lowest BCUT2D eigenvalue weighted by Gasteiger charge is -2.19. The van der Waals surface area contributed by atoms with Gasteiger partial charge < -0.3 is 20.5 Å². The van der Waals surface area contributed by atoms with Crippen molar-refractivity contribution in [2.75, 3.05) is 19.0 Å². The second-order valence-electron chi connectivity index (χ2n) is 4.58. The Kier molecular flexibility index (Phi) is 3.39. The summed E-state index contributed by atoms with van der Waals surface area (Å²) in [6.07, 6.45) is 0.866. The molecule has 20 heavy (non-hydrogen) atoms. The number of benzene rings is 1. The van der Waals surface area contributed by atoms with Crippen molar-refractivity contribution in [3.8, 4) is 11.6 Å². The second kappa shape index (κ2) is 5.34. The van der Waals surface area contributed by atoms with Crippen molar-refractivity contribution in [3.05, 3.63) is 35.5 Å². The largest absolute Gasteiger partial charge is 0.508 e. The predicted octanol–water partition coefficient (Wildman–Crippen LogP) is 1.58. The van der Waals surface area contributed by atoms with Crippen LogP contribution >= 0.6 is 0 Å². The average Bonchev–Trinajstić information content (AvgIpc) is 2.46. The molecule has 0 unspecified atom stereocenters. The summed E-state index contributed by atoms with van der Waals surface area (Å²) in [6.45, 7) is 1.62. The lowest BCUT2D eigenvalue weighted by Crippen LogP contribution is -2.26. The van der Waals surface area contributed by atoms with E-state index in [0.29, 0.717) is 18.4 Å². The topological polar surface area (TPSA) is 79.3 Å². The van der Waals surface area contributed by atoms with Crippen LogP contribution in [0.5, 0.6) is 11.6 Å². The molecule has 2 aromatic rings. The van der Waals surface area contributed by atoms with Gasteiger partial charge in [-0.1, -0.05) is 6.07 Å². The summed E-state index contributed by atoms with van der Waals surface area (Å²) in [7, 11) is 1.61. The Hall–Kier alpha value is -2.34. The number of aromatic hydroxyl groups is 1. The first kappa shape index (κ1) is 12.7. The highest BCUT2D eigenvalue weighted by atomic mass is 16.5. The van der Waals surface area contributed by atoms with E-state index in [1.807, 2.05) is 6.07 Å². The molecular weight excluding hydrogens is 256 g/mol. The Morgan fingerprint density at radius 3 is 3.05 bits per heavy atom. The van der Waals surface area contributed by atoms with E-state index in [2.05, 4.69) is 20.6 Å². The number of nitrogens with one attached hydrogen (secondary N) is 2. The molecule has 0 bridgehead atoms. The van der Waals surface area contributed by atoms with E-state index < -0.39 is 0 Å². The van der Waals surface area contributed by atoms with Gasteiger partial charge in [0.25, 0.3) is 0 Å². The van der Waals surface area contributed by atoms with Gasteiger partial charge in [0.2, 0.25) is 11.8 Å². The van der Waals surface area contributed by atoms with Crippen molar-refractivity contribution in [2.45, 2.75) is 13.0 Å². The van der Waals surface area contributed by atoms with Crippen LogP contribution in [0.4, 0.5) is 11.6 Å². The smallest absolute Gasteiger partial charge is 0.230 e. The molecule has 0 fully saturated rings. The highest BCUT2D eigenvalue weighted by Gasteiger charge is 2.18. The number of anilines is 2. The van der Waals surface area contributed by atoms with Crippen molar-refractivity contribution in [3.63, 3.8) is 0 Å². The molecular formula is C14H16N4O2. The highest BCUT2D eigenvalue weighted by molar-refractivity contribution is 5.56. The minimum atomic E-state index is 0.196. The number of fused-ring (bicyclic) bond motifs is 1. The van der Waals surface area contributed by atoms with Crippen molar-refractivity contribution >= 4 is 11.6 Å². The van der Waals surface area contributed by atoms with Crippen molar-refractivity contribution in [2.24, 2.45) is 0 Å². The summed E-state index contributed by atoms with van der Waals surface area (Å²) in [5.41, 5.74) is 2.74. The Morgan fingerprint density at radius 1 is 1.35 bits per heavy atom. The molecule has 3 rings (SSSR count). The number of methoxy groups -OCH3 is 1. The van der Waals surface area contributed by atoms with Crippen LogP contribution in [0.3, 0.4) is 0 Å². The van der Waals surface area contributed by atoms with Gasteiger partial charge in [0.05, 0.1) is 12.8 Å². The average molecular weight is 272 g/mol. The summed E-state index contributed by atoms with van der Waals surface area (Å²) in [4.78, 5) is 8.88. The fourth-order valence-electron chi connectivity index (χ4n) is 2.26. The zero-order valence-corrected chi connectivity index (χ0v) is 11.2. The van der Waals surface area contributed by atoms with Crippen LogP contribution in [-0.4, -0.2) is 28.7 Å². The quantitative estimate of drug-likeness (QED) is 0.787. The van der Waals surface area contributed by atoms with E-state index in [-0.39, 0.29) is 5.75 Å². The van der Waals surface area contributed by atoms with Crippen molar-refractivity contribution < 1.29 is 9.84 Å². The minimum absolute atomic E-state index is 0.196. The molecule has 104 valence electrons. The Labute approximate surface area is 116 Å².